The van der Waals surface area contributed by atoms with E-state index in [1.807, 2.05) is 19.9 Å². The second-order valence-electron chi connectivity index (χ2n) is 4.81. The number of aromatic nitrogens is 2. The smallest absolute Gasteiger partial charge is 0.326 e. The molecular formula is C13H17N3O3S. The van der Waals surface area contributed by atoms with Crippen LogP contribution < -0.4 is 0 Å². The minimum absolute atomic E-state index is 0.164. The Bertz CT molecular complexity index is 515. The Balaban J connectivity index is 1.96. The zero-order chi connectivity index (χ0) is 14.7. The molecule has 1 atom stereocenters. The number of carbonyl (C=O) groups excluding carboxylic acids is 1. The first-order valence-electron chi connectivity index (χ1n) is 6.44. The Labute approximate surface area is 121 Å². The molecular weight excluding hydrogens is 278 g/mol. The standard InChI is InChI=1S/C13H17N3O3S/c1-8-6-9(2)15-13(14-8)20-7-11(17)16-5-3-4-10(16)12(18)19/h6,10H,3-5,7H2,1-2H3,(H,18,19)/t10-/m0/s1. The van der Waals surface area contributed by atoms with Crippen LogP contribution in [0.1, 0.15) is 24.2 Å². The van der Waals surface area contributed by atoms with Crippen LogP contribution in [0.4, 0.5) is 0 Å². The van der Waals surface area contributed by atoms with E-state index in [1.165, 1.54) is 16.7 Å². The van der Waals surface area contributed by atoms with E-state index in [0.717, 1.165) is 17.8 Å². The number of aryl methyl sites for hydroxylation is 2. The number of thioether (sulfide) groups is 1. The number of amides is 1. The van der Waals surface area contributed by atoms with E-state index >= 15 is 0 Å². The number of hydrogen-bond acceptors (Lipinski definition) is 5. The quantitative estimate of drug-likeness (QED) is 0.665. The highest BCUT2D eigenvalue weighted by molar-refractivity contribution is 7.99. The normalized spacial score (nSPS) is 18.3. The lowest BCUT2D eigenvalue weighted by molar-refractivity contribution is -0.147. The van der Waals surface area contributed by atoms with Crippen molar-refractivity contribution in [3.05, 3.63) is 17.5 Å². The van der Waals surface area contributed by atoms with Crippen LogP contribution in [0.2, 0.25) is 0 Å². The third-order valence-electron chi connectivity index (χ3n) is 3.14. The van der Waals surface area contributed by atoms with Crippen molar-refractivity contribution in [3.8, 4) is 0 Å². The zero-order valence-corrected chi connectivity index (χ0v) is 12.3. The maximum Gasteiger partial charge on any atom is 0.326 e. The molecule has 2 heterocycles. The van der Waals surface area contributed by atoms with Crippen LogP contribution in [0.5, 0.6) is 0 Å². The Morgan fingerprint density at radius 3 is 2.65 bits per heavy atom. The summed E-state index contributed by atoms with van der Waals surface area (Å²) >= 11 is 1.25. The molecule has 0 radical (unpaired) electrons. The Morgan fingerprint density at radius 2 is 2.05 bits per heavy atom. The molecule has 0 aliphatic carbocycles. The Morgan fingerprint density at radius 1 is 1.40 bits per heavy atom. The summed E-state index contributed by atoms with van der Waals surface area (Å²) < 4.78 is 0. The van der Waals surface area contributed by atoms with Gasteiger partial charge >= 0.3 is 5.97 Å². The number of carboxylic acids is 1. The van der Waals surface area contributed by atoms with Gasteiger partial charge in [0.05, 0.1) is 5.75 Å². The van der Waals surface area contributed by atoms with Crippen LogP contribution in [-0.4, -0.2) is 50.2 Å². The lowest BCUT2D eigenvalue weighted by atomic mass is 10.2. The van der Waals surface area contributed by atoms with E-state index in [9.17, 15) is 9.59 Å². The van der Waals surface area contributed by atoms with E-state index in [-0.39, 0.29) is 11.7 Å². The molecule has 0 aromatic carbocycles. The first-order chi connectivity index (χ1) is 9.47. The summed E-state index contributed by atoms with van der Waals surface area (Å²) in [6.07, 6.45) is 1.28. The number of rotatable bonds is 4. The van der Waals surface area contributed by atoms with Crippen molar-refractivity contribution in [2.75, 3.05) is 12.3 Å². The minimum atomic E-state index is -0.927. The molecule has 0 spiro atoms. The van der Waals surface area contributed by atoms with Crippen molar-refractivity contribution in [2.24, 2.45) is 0 Å². The predicted octanol–water partition coefficient (Wildman–Crippen LogP) is 1.26. The van der Waals surface area contributed by atoms with Crippen molar-refractivity contribution in [1.29, 1.82) is 0 Å². The number of aliphatic carboxylic acids is 1. The first kappa shape index (κ1) is 14.8. The van der Waals surface area contributed by atoms with Crippen LogP contribution in [-0.2, 0) is 9.59 Å². The van der Waals surface area contributed by atoms with Gasteiger partial charge in [-0.05, 0) is 32.8 Å². The molecule has 0 saturated carbocycles. The molecule has 1 fully saturated rings. The second-order valence-corrected chi connectivity index (χ2v) is 5.75. The van der Waals surface area contributed by atoms with Crippen LogP contribution in [0.15, 0.2) is 11.2 Å². The number of carbonyl (C=O) groups is 2. The summed E-state index contributed by atoms with van der Waals surface area (Å²) in [5, 5.41) is 9.62. The van der Waals surface area contributed by atoms with Crippen molar-refractivity contribution in [2.45, 2.75) is 37.9 Å². The molecule has 0 bridgehead atoms. The summed E-state index contributed by atoms with van der Waals surface area (Å²) in [5.41, 5.74) is 1.72. The highest BCUT2D eigenvalue weighted by Crippen LogP contribution is 2.21. The fraction of sp³-hybridized carbons (Fsp3) is 0.538. The number of nitrogens with zero attached hydrogens (tertiary/aromatic N) is 3. The summed E-state index contributed by atoms with van der Waals surface area (Å²) in [7, 11) is 0. The second kappa shape index (κ2) is 6.21. The van der Waals surface area contributed by atoms with Gasteiger partial charge in [-0.25, -0.2) is 14.8 Å². The van der Waals surface area contributed by atoms with E-state index in [4.69, 9.17) is 5.11 Å². The molecule has 20 heavy (non-hydrogen) atoms. The lowest BCUT2D eigenvalue weighted by Gasteiger charge is -2.20. The van der Waals surface area contributed by atoms with Crippen molar-refractivity contribution < 1.29 is 14.7 Å². The highest BCUT2D eigenvalue weighted by Gasteiger charge is 2.33. The molecule has 1 saturated heterocycles. The van der Waals surface area contributed by atoms with Gasteiger partial charge in [0.15, 0.2) is 5.16 Å². The molecule has 1 aromatic heterocycles. The van der Waals surface area contributed by atoms with Gasteiger partial charge in [0, 0.05) is 17.9 Å². The van der Waals surface area contributed by atoms with Gasteiger partial charge in [0.1, 0.15) is 6.04 Å². The van der Waals surface area contributed by atoms with Gasteiger partial charge in [-0.3, -0.25) is 4.79 Å². The van der Waals surface area contributed by atoms with Gasteiger partial charge in [-0.2, -0.15) is 0 Å². The fourth-order valence-corrected chi connectivity index (χ4v) is 3.12. The topological polar surface area (TPSA) is 83.4 Å². The van der Waals surface area contributed by atoms with E-state index in [0.29, 0.717) is 18.1 Å². The van der Waals surface area contributed by atoms with Gasteiger partial charge in [0.2, 0.25) is 5.91 Å². The monoisotopic (exact) mass is 295 g/mol. The SMILES string of the molecule is Cc1cc(C)nc(SCC(=O)N2CCC[C@H]2C(=O)O)n1. The summed E-state index contributed by atoms with van der Waals surface area (Å²) in [4.78, 5) is 33.1. The highest BCUT2D eigenvalue weighted by atomic mass is 32.2. The number of hydrogen-bond donors (Lipinski definition) is 1. The maximum atomic E-state index is 12.1. The van der Waals surface area contributed by atoms with Crippen LogP contribution in [0, 0.1) is 13.8 Å². The third kappa shape index (κ3) is 3.47. The largest absolute Gasteiger partial charge is 0.480 e. The molecule has 0 unspecified atom stereocenters. The average Bonchev–Trinajstić information content (AvgIpc) is 2.84. The third-order valence-corrected chi connectivity index (χ3v) is 3.98. The molecule has 1 aromatic rings. The summed E-state index contributed by atoms with van der Waals surface area (Å²) in [6, 6.07) is 1.19. The minimum Gasteiger partial charge on any atom is -0.480 e. The van der Waals surface area contributed by atoms with Gasteiger partial charge < -0.3 is 10.0 Å². The maximum absolute atomic E-state index is 12.1. The van der Waals surface area contributed by atoms with Gasteiger partial charge in [-0.1, -0.05) is 11.8 Å². The average molecular weight is 295 g/mol. The van der Waals surface area contributed by atoms with Crippen LogP contribution in [0.3, 0.4) is 0 Å². The van der Waals surface area contributed by atoms with Crippen molar-refractivity contribution in [3.63, 3.8) is 0 Å². The molecule has 1 N–H and O–H groups in total. The Hall–Kier alpha value is -1.63. The molecule has 1 aliphatic heterocycles. The molecule has 1 aliphatic rings. The van der Waals surface area contributed by atoms with Crippen molar-refractivity contribution in [1.82, 2.24) is 14.9 Å². The number of likely N-dealkylation sites (tertiary alicyclic amines) is 1. The lowest BCUT2D eigenvalue weighted by Crippen LogP contribution is -2.41. The number of carboxylic acid groups (broad SMARTS) is 1. The van der Waals surface area contributed by atoms with E-state index in [1.54, 1.807) is 0 Å². The first-order valence-corrected chi connectivity index (χ1v) is 7.43. The summed E-state index contributed by atoms with van der Waals surface area (Å²) in [6.45, 7) is 4.27. The molecule has 7 heteroatoms. The Kier molecular flexibility index (Phi) is 4.59. The molecule has 108 valence electrons. The van der Waals surface area contributed by atoms with Crippen molar-refractivity contribution >= 4 is 23.6 Å². The van der Waals surface area contributed by atoms with E-state index in [2.05, 4.69) is 9.97 Å². The zero-order valence-electron chi connectivity index (χ0n) is 11.5. The molecule has 1 amide bonds. The van der Waals surface area contributed by atoms with Crippen LogP contribution >= 0.6 is 11.8 Å². The van der Waals surface area contributed by atoms with Gasteiger partial charge in [0.25, 0.3) is 0 Å². The summed E-state index contributed by atoms with van der Waals surface area (Å²) in [5.74, 6) is -0.918. The fourth-order valence-electron chi connectivity index (χ4n) is 2.29. The predicted molar refractivity (Wildman–Crippen MR) is 74.6 cm³/mol. The molecule has 2 rings (SSSR count). The van der Waals surface area contributed by atoms with Gasteiger partial charge in [-0.15, -0.1) is 0 Å². The molecule has 6 nitrogen and oxygen atoms in total. The van der Waals surface area contributed by atoms with Crippen LogP contribution in [0.25, 0.3) is 0 Å². The van der Waals surface area contributed by atoms with E-state index < -0.39 is 12.0 Å².